The SMILES string of the molecule is COc1ccc(CC(=O)CCCCCS(=O)(=O)C(C)C)cc1OC. The van der Waals surface area contributed by atoms with Crippen molar-refractivity contribution in [1.82, 2.24) is 0 Å². The van der Waals surface area contributed by atoms with Gasteiger partial charge < -0.3 is 9.47 Å². The molecule has 0 unspecified atom stereocenters. The van der Waals surface area contributed by atoms with Gasteiger partial charge in [0.25, 0.3) is 0 Å². The minimum atomic E-state index is -2.97. The lowest BCUT2D eigenvalue weighted by molar-refractivity contribution is -0.118. The number of hydrogen-bond donors (Lipinski definition) is 0. The second-order valence-electron chi connectivity index (χ2n) is 6.13. The van der Waals surface area contributed by atoms with E-state index in [0.29, 0.717) is 30.8 Å². The van der Waals surface area contributed by atoms with Crippen molar-refractivity contribution in [3.05, 3.63) is 23.8 Å². The number of ether oxygens (including phenoxy) is 2. The molecule has 6 heteroatoms. The number of carbonyl (C=O) groups excluding carboxylic acids is 1. The summed E-state index contributed by atoms with van der Waals surface area (Å²) in [7, 11) is 0.163. The number of sulfone groups is 1. The monoisotopic (exact) mass is 356 g/mol. The Kier molecular flexibility index (Phi) is 8.25. The van der Waals surface area contributed by atoms with Crippen molar-refractivity contribution >= 4 is 15.6 Å². The van der Waals surface area contributed by atoms with Crippen LogP contribution in [0.2, 0.25) is 0 Å². The molecular formula is C18H28O5S. The average molecular weight is 356 g/mol. The Morgan fingerprint density at radius 3 is 2.29 bits per heavy atom. The Balaban J connectivity index is 2.37. The molecule has 136 valence electrons. The Bertz CT molecular complexity index is 635. The van der Waals surface area contributed by atoms with E-state index < -0.39 is 9.84 Å². The van der Waals surface area contributed by atoms with Gasteiger partial charge in [-0.3, -0.25) is 4.79 Å². The number of rotatable bonds is 11. The molecule has 0 atom stereocenters. The maximum atomic E-state index is 12.0. The van der Waals surface area contributed by atoms with Crippen LogP contribution >= 0.6 is 0 Å². The van der Waals surface area contributed by atoms with Crippen molar-refractivity contribution in [1.29, 1.82) is 0 Å². The summed E-state index contributed by atoms with van der Waals surface area (Å²) in [6, 6.07) is 5.46. The fraction of sp³-hybridized carbons (Fsp3) is 0.611. The van der Waals surface area contributed by atoms with Crippen LogP contribution < -0.4 is 9.47 Å². The molecule has 24 heavy (non-hydrogen) atoms. The minimum absolute atomic E-state index is 0.147. The van der Waals surface area contributed by atoms with Crippen LogP contribution in [0.3, 0.4) is 0 Å². The van der Waals surface area contributed by atoms with Gasteiger partial charge in [-0.2, -0.15) is 0 Å². The Hall–Kier alpha value is -1.56. The number of unbranched alkanes of at least 4 members (excludes halogenated alkanes) is 2. The van der Waals surface area contributed by atoms with E-state index in [0.717, 1.165) is 18.4 Å². The number of carbonyl (C=O) groups is 1. The number of benzene rings is 1. The van der Waals surface area contributed by atoms with Crippen molar-refractivity contribution in [3.8, 4) is 11.5 Å². The van der Waals surface area contributed by atoms with Crippen LogP contribution in [0, 0.1) is 0 Å². The van der Waals surface area contributed by atoms with Crippen LogP contribution in [0.4, 0.5) is 0 Å². The molecule has 1 aromatic carbocycles. The molecule has 0 spiro atoms. The van der Waals surface area contributed by atoms with Crippen molar-refractivity contribution < 1.29 is 22.7 Å². The van der Waals surface area contributed by atoms with Gasteiger partial charge in [-0.1, -0.05) is 12.5 Å². The summed E-state index contributed by atoms with van der Waals surface area (Å²) in [5.41, 5.74) is 0.889. The first kappa shape index (κ1) is 20.5. The molecule has 0 aromatic heterocycles. The Morgan fingerprint density at radius 1 is 1.04 bits per heavy atom. The molecule has 0 bridgehead atoms. The summed E-state index contributed by atoms with van der Waals surface area (Å²) in [5, 5.41) is -0.329. The normalized spacial score (nSPS) is 11.5. The second kappa shape index (κ2) is 9.67. The zero-order valence-corrected chi connectivity index (χ0v) is 15.8. The molecule has 0 saturated heterocycles. The highest BCUT2D eigenvalue weighted by atomic mass is 32.2. The zero-order chi connectivity index (χ0) is 18.2. The van der Waals surface area contributed by atoms with Crippen molar-refractivity contribution in [2.24, 2.45) is 0 Å². The lowest BCUT2D eigenvalue weighted by atomic mass is 10.0. The van der Waals surface area contributed by atoms with Gasteiger partial charge in [0.1, 0.15) is 5.78 Å². The molecule has 0 heterocycles. The summed E-state index contributed by atoms with van der Waals surface area (Å²) in [6.45, 7) is 3.39. The Labute approximate surface area is 145 Å². The van der Waals surface area contributed by atoms with Gasteiger partial charge in [-0.05, 0) is 44.4 Å². The second-order valence-corrected chi connectivity index (χ2v) is 8.81. The molecule has 1 rings (SSSR count). The molecule has 0 saturated carbocycles. The fourth-order valence-corrected chi connectivity index (χ4v) is 3.42. The smallest absolute Gasteiger partial charge is 0.161 e. The van der Waals surface area contributed by atoms with Crippen LogP contribution in [0.1, 0.15) is 45.1 Å². The summed E-state index contributed by atoms with van der Waals surface area (Å²) in [4.78, 5) is 12.0. The Morgan fingerprint density at radius 2 is 1.71 bits per heavy atom. The standard InChI is InChI=1S/C18H28O5S/c1-14(2)24(20,21)11-7-5-6-8-16(19)12-15-9-10-17(22-3)18(13-15)23-4/h9-10,13-14H,5-8,11-12H2,1-4H3. The molecular weight excluding hydrogens is 328 g/mol. The van der Waals surface area contributed by atoms with Gasteiger partial charge in [0, 0.05) is 12.8 Å². The van der Waals surface area contributed by atoms with E-state index in [4.69, 9.17) is 9.47 Å². The van der Waals surface area contributed by atoms with Gasteiger partial charge in [0.15, 0.2) is 21.3 Å². The van der Waals surface area contributed by atoms with Gasteiger partial charge >= 0.3 is 0 Å². The van der Waals surface area contributed by atoms with Crippen molar-refractivity contribution in [2.45, 2.75) is 51.2 Å². The molecule has 0 aliphatic rings. The van der Waals surface area contributed by atoms with E-state index in [-0.39, 0.29) is 16.8 Å². The molecule has 0 aliphatic heterocycles. The third-order valence-corrected chi connectivity index (χ3v) is 6.25. The molecule has 0 N–H and O–H groups in total. The largest absolute Gasteiger partial charge is 0.493 e. The summed E-state index contributed by atoms with van der Waals surface area (Å²) < 4.78 is 33.8. The first-order valence-electron chi connectivity index (χ1n) is 8.24. The van der Waals surface area contributed by atoms with E-state index in [1.54, 1.807) is 34.1 Å². The molecule has 0 radical (unpaired) electrons. The average Bonchev–Trinajstić information content (AvgIpc) is 2.54. The van der Waals surface area contributed by atoms with E-state index >= 15 is 0 Å². The molecule has 5 nitrogen and oxygen atoms in total. The van der Waals surface area contributed by atoms with E-state index in [1.807, 2.05) is 12.1 Å². The zero-order valence-electron chi connectivity index (χ0n) is 15.0. The molecule has 0 amide bonds. The van der Waals surface area contributed by atoms with Crippen molar-refractivity contribution in [3.63, 3.8) is 0 Å². The molecule has 1 aromatic rings. The summed E-state index contributed by atoms with van der Waals surface area (Å²) in [6.07, 6.45) is 2.91. The predicted molar refractivity (Wildman–Crippen MR) is 95.6 cm³/mol. The van der Waals surface area contributed by atoms with Gasteiger partial charge in [-0.15, -0.1) is 0 Å². The first-order valence-corrected chi connectivity index (χ1v) is 9.96. The van der Waals surface area contributed by atoms with Gasteiger partial charge in [0.05, 0.1) is 25.2 Å². The number of methoxy groups -OCH3 is 2. The lowest BCUT2D eigenvalue weighted by Gasteiger charge is -2.09. The third-order valence-electron chi connectivity index (χ3n) is 3.95. The number of hydrogen-bond acceptors (Lipinski definition) is 5. The van der Waals surface area contributed by atoms with Crippen LogP contribution in [0.15, 0.2) is 18.2 Å². The quantitative estimate of drug-likeness (QED) is 0.570. The lowest BCUT2D eigenvalue weighted by Crippen LogP contribution is -2.17. The third kappa shape index (κ3) is 6.51. The molecule has 0 fully saturated rings. The highest BCUT2D eigenvalue weighted by Crippen LogP contribution is 2.27. The van der Waals surface area contributed by atoms with E-state index in [1.165, 1.54) is 0 Å². The van der Waals surface area contributed by atoms with Gasteiger partial charge in [0.2, 0.25) is 0 Å². The highest BCUT2D eigenvalue weighted by Gasteiger charge is 2.15. The fourth-order valence-electron chi connectivity index (χ4n) is 2.34. The maximum absolute atomic E-state index is 12.0. The first-order chi connectivity index (χ1) is 11.3. The topological polar surface area (TPSA) is 69.7 Å². The van der Waals surface area contributed by atoms with E-state index in [2.05, 4.69) is 0 Å². The van der Waals surface area contributed by atoms with Crippen molar-refractivity contribution in [2.75, 3.05) is 20.0 Å². The maximum Gasteiger partial charge on any atom is 0.161 e. The summed E-state index contributed by atoms with van der Waals surface area (Å²) in [5.74, 6) is 1.60. The number of ketones is 1. The summed E-state index contributed by atoms with van der Waals surface area (Å²) >= 11 is 0. The van der Waals surface area contributed by atoms with E-state index in [9.17, 15) is 13.2 Å². The highest BCUT2D eigenvalue weighted by molar-refractivity contribution is 7.91. The van der Waals surface area contributed by atoms with Gasteiger partial charge in [-0.25, -0.2) is 8.42 Å². The van der Waals surface area contributed by atoms with Crippen LogP contribution in [0.5, 0.6) is 11.5 Å². The minimum Gasteiger partial charge on any atom is -0.493 e. The van der Waals surface area contributed by atoms with Crippen LogP contribution in [0.25, 0.3) is 0 Å². The predicted octanol–water partition coefficient (Wildman–Crippen LogP) is 3.20. The van der Waals surface area contributed by atoms with Crippen LogP contribution in [-0.4, -0.2) is 39.4 Å². The van der Waals surface area contributed by atoms with Crippen LogP contribution in [-0.2, 0) is 21.1 Å². The number of Topliss-reactive ketones (excluding diaryl/α,β-unsaturated/α-hetero) is 1. The molecule has 0 aliphatic carbocycles.